The average molecular weight is 334 g/mol. The van der Waals surface area contributed by atoms with E-state index in [4.69, 9.17) is 0 Å². The van der Waals surface area contributed by atoms with Crippen LogP contribution in [0.2, 0.25) is 0 Å². The van der Waals surface area contributed by atoms with Gasteiger partial charge in [0.05, 0.1) is 11.4 Å². The Morgan fingerprint density at radius 3 is 2.60 bits per heavy atom. The zero-order valence-electron chi connectivity index (χ0n) is 14.1. The number of fused-ring (bicyclic) bond motifs is 1. The van der Waals surface area contributed by atoms with E-state index in [2.05, 4.69) is 5.10 Å². The standard InChI is InChI=1S/C21H19FN2O/c1-14-5-4-6-16(13-14)21(25)24-20(15-9-11-17(22)12-10-15)18-7-2-3-8-19(18)23-24/h4-6,9-13H,2-3,7-8H2,1H3. The molecule has 0 bridgehead atoms. The summed E-state index contributed by atoms with van der Waals surface area (Å²) < 4.78 is 14.9. The molecule has 0 saturated carbocycles. The molecule has 3 aromatic rings. The summed E-state index contributed by atoms with van der Waals surface area (Å²) in [5.41, 5.74) is 5.40. The van der Waals surface area contributed by atoms with E-state index in [1.54, 1.807) is 12.1 Å². The smallest absolute Gasteiger partial charge is 0.267 e. The minimum absolute atomic E-state index is 0.141. The van der Waals surface area contributed by atoms with Gasteiger partial charge in [-0.3, -0.25) is 4.79 Å². The summed E-state index contributed by atoms with van der Waals surface area (Å²) in [5.74, 6) is -0.425. The number of carbonyl (C=O) groups excluding carboxylic acids is 1. The van der Waals surface area contributed by atoms with Crippen LogP contribution >= 0.6 is 0 Å². The van der Waals surface area contributed by atoms with Gasteiger partial charge in [0.25, 0.3) is 5.91 Å². The summed E-state index contributed by atoms with van der Waals surface area (Å²) in [6.07, 6.45) is 3.97. The molecule has 1 aliphatic rings. The lowest BCUT2D eigenvalue weighted by Gasteiger charge is -2.12. The van der Waals surface area contributed by atoms with Crippen molar-refractivity contribution in [2.45, 2.75) is 32.6 Å². The highest BCUT2D eigenvalue weighted by atomic mass is 19.1. The van der Waals surface area contributed by atoms with Crippen LogP contribution < -0.4 is 0 Å². The molecule has 0 fully saturated rings. The third kappa shape index (κ3) is 2.88. The van der Waals surface area contributed by atoms with Crippen LogP contribution in [0.1, 0.15) is 40.0 Å². The second kappa shape index (κ2) is 6.28. The van der Waals surface area contributed by atoms with Crippen molar-refractivity contribution in [2.24, 2.45) is 0 Å². The van der Waals surface area contributed by atoms with Crippen LogP contribution in [0.5, 0.6) is 0 Å². The van der Waals surface area contributed by atoms with Gasteiger partial charge in [0.15, 0.2) is 0 Å². The topological polar surface area (TPSA) is 34.9 Å². The van der Waals surface area contributed by atoms with Gasteiger partial charge < -0.3 is 0 Å². The number of carbonyl (C=O) groups is 1. The Balaban J connectivity index is 1.88. The van der Waals surface area contributed by atoms with Crippen molar-refractivity contribution in [1.82, 2.24) is 9.78 Å². The Bertz CT molecular complexity index is 941. The van der Waals surface area contributed by atoms with E-state index in [0.717, 1.165) is 53.8 Å². The van der Waals surface area contributed by atoms with Crippen molar-refractivity contribution >= 4 is 5.91 Å². The first-order valence-corrected chi connectivity index (χ1v) is 8.61. The minimum Gasteiger partial charge on any atom is -0.267 e. The number of benzene rings is 2. The fourth-order valence-corrected chi connectivity index (χ4v) is 3.50. The highest BCUT2D eigenvalue weighted by Crippen LogP contribution is 2.32. The number of aryl methyl sites for hydroxylation is 2. The molecule has 4 heteroatoms. The van der Waals surface area contributed by atoms with Crippen LogP contribution in [0.25, 0.3) is 11.3 Å². The highest BCUT2D eigenvalue weighted by molar-refractivity contribution is 5.98. The largest absolute Gasteiger partial charge is 0.278 e. The summed E-state index contributed by atoms with van der Waals surface area (Å²) >= 11 is 0. The number of hydrogen-bond donors (Lipinski definition) is 0. The van der Waals surface area contributed by atoms with Crippen LogP contribution in [0.4, 0.5) is 4.39 Å². The molecule has 0 atom stereocenters. The maximum atomic E-state index is 13.3. The first kappa shape index (κ1) is 15.8. The third-order valence-corrected chi connectivity index (χ3v) is 4.73. The van der Waals surface area contributed by atoms with E-state index < -0.39 is 0 Å². The maximum Gasteiger partial charge on any atom is 0.278 e. The van der Waals surface area contributed by atoms with Crippen LogP contribution in [0, 0.1) is 12.7 Å². The van der Waals surface area contributed by atoms with Crippen LogP contribution in [-0.4, -0.2) is 15.7 Å². The Kier molecular flexibility index (Phi) is 3.96. The zero-order valence-corrected chi connectivity index (χ0v) is 14.1. The first-order chi connectivity index (χ1) is 12.1. The van der Waals surface area contributed by atoms with Gasteiger partial charge in [-0.05, 0) is 69.0 Å². The predicted molar refractivity (Wildman–Crippen MR) is 95.2 cm³/mol. The Labute approximate surface area is 146 Å². The molecule has 3 nitrogen and oxygen atoms in total. The SMILES string of the molecule is Cc1cccc(C(=O)n2nc3c(c2-c2ccc(F)cc2)CCCC3)c1. The van der Waals surface area contributed by atoms with E-state index in [0.29, 0.717) is 5.56 Å². The van der Waals surface area contributed by atoms with E-state index >= 15 is 0 Å². The minimum atomic E-state index is -0.284. The molecule has 4 rings (SSSR count). The molecule has 2 aromatic carbocycles. The lowest BCUT2D eigenvalue weighted by Crippen LogP contribution is -2.15. The summed E-state index contributed by atoms with van der Waals surface area (Å²) in [6, 6.07) is 13.8. The van der Waals surface area contributed by atoms with E-state index in [1.165, 1.54) is 16.8 Å². The monoisotopic (exact) mass is 334 g/mol. The maximum absolute atomic E-state index is 13.3. The van der Waals surface area contributed by atoms with Crippen LogP contribution in [-0.2, 0) is 12.8 Å². The van der Waals surface area contributed by atoms with Gasteiger partial charge in [0, 0.05) is 16.7 Å². The molecule has 126 valence electrons. The molecule has 0 saturated heterocycles. The molecular weight excluding hydrogens is 315 g/mol. The van der Waals surface area contributed by atoms with Crippen LogP contribution in [0.3, 0.4) is 0 Å². The fraction of sp³-hybridized carbons (Fsp3) is 0.238. The molecule has 0 spiro atoms. The van der Waals surface area contributed by atoms with Crippen molar-refractivity contribution < 1.29 is 9.18 Å². The number of halogens is 1. The zero-order chi connectivity index (χ0) is 17.4. The van der Waals surface area contributed by atoms with Crippen LogP contribution in [0.15, 0.2) is 48.5 Å². The quantitative estimate of drug-likeness (QED) is 0.688. The number of aromatic nitrogens is 2. The molecule has 1 aliphatic carbocycles. The van der Waals surface area contributed by atoms with Crippen molar-refractivity contribution in [3.05, 3.63) is 76.7 Å². The summed E-state index contributed by atoms with van der Waals surface area (Å²) in [5, 5.41) is 4.63. The number of nitrogens with zero attached hydrogens (tertiary/aromatic N) is 2. The van der Waals surface area contributed by atoms with E-state index in [-0.39, 0.29) is 11.7 Å². The molecule has 0 N–H and O–H groups in total. The second-order valence-corrected chi connectivity index (χ2v) is 6.57. The molecule has 0 aliphatic heterocycles. The molecule has 0 unspecified atom stereocenters. The Morgan fingerprint density at radius 1 is 1.08 bits per heavy atom. The molecule has 0 amide bonds. The lowest BCUT2D eigenvalue weighted by atomic mass is 9.93. The third-order valence-electron chi connectivity index (χ3n) is 4.73. The van der Waals surface area contributed by atoms with Gasteiger partial charge in [-0.1, -0.05) is 17.7 Å². The van der Waals surface area contributed by atoms with Crippen molar-refractivity contribution in [1.29, 1.82) is 0 Å². The number of rotatable bonds is 2. The molecule has 1 heterocycles. The molecule has 1 aromatic heterocycles. The van der Waals surface area contributed by atoms with Gasteiger partial charge in [0.1, 0.15) is 5.82 Å². The fourth-order valence-electron chi connectivity index (χ4n) is 3.50. The van der Waals surface area contributed by atoms with E-state index in [1.807, 2.05) is 31.2 Å². The summed E-state index contributed by atoms with van der Waals surface area (Å²) in [7, 11) is 0. The number of hydrogen-bond acceptors (Lipinski definition) is 2. The lowest BCUT2D eigenvalue weighted by molar-refractivity contribution is 0.0946. The van der Waals surface area contributed by atoms with Gasteiger partial charge in [-0.25, -0.2) is 4.39 Å². The van der Waals surface area contributed by atoms with Gasteiger partial charge in [-0.15, -0.1) is 0 Å². The Hall–Kier alpha value is -2.75. The normalized spacial score (nSPS) is 13.5. The first-order valence-electron chi connectivity index (χ1n) is 8.61. The predicted octanol–water partition coefficient (Wildman–Crippen LogP) is 4.56. The summed E-state index contributed by atoms with van der Waals surface area (Å²) in [4.78, 5) is 13.1. The molecule has 0 radical (unpaired) electrons. The van der Waals surface area contributed by atoms with Gasteiger partial charge >= 0.3 is 0 Å². The van der Waals surface area contributed by atoms with Crippen molar-refractivity contribution in [3.8, 4) is 11.3 Å². The Morgan fingerprint density at radius 2 is 1.84 bits per heavy atom. The van der Waals surface area contributed by atoms with Crippen molar-refractivity contribution in [3.63, 3.8) is 0 Å². The van der Waals surface area contributed by atoms with E-state index in [9.17, 15) is 9.18 Å². The molecule has 25 heavy (non-hydrogen) atoms. The van der Waals surface area contributed by atoms with Crippen molar-refractivity contribution in [2.75, 3.05) is 0 Å². The summed E-state index contributed by atoms with van der Waals surface area (Å²) in [6.45, 7) is 1.96. The second-order valence-electron chi connectivity index (χ2n) is 6.57. The highest BCUT2D eigenvalue weighted by Gasteiger charge is 2.25. The molecular formula is C21H19FN2O. The average Bonchev–Trinajstić information content (AvgIpc) is 3.01. The van der Waals surface area contributed by atoms with Gasteiger partial charge in [0.2, 0.25) is 0 Å². The van der Waals surface area contributed by atoms with Gasteiger partial charge in [-0.2, -0.15) is 9.78 Å².